The number of hydrogen-bond donors (Lipinski definition) is 1. The zero-order chi connectivity index (χ0) is 21.7. The van der Waals surface area contributed by atoms with Gasteiger partial charge in [-0.3, -0.25) is 9.72 Å². The maximum absolute atomic E-state index is 15.2. The molecule has 0 aliphatic rings. The van der Waals surface area contributed by atoms with Gasteiger partial charge in [0.25, 0.3) is 0 Å². The Labute approximate surface area is 170 Å². The lowest BCUT2D eigenvalue weighted by Crippen LogP contribution is -2.27. The van der Waals surface area contributed by atoms with E-state index in [9.17, 15) is 4.79 Å². The van der Waals surface area contributed by atoms with Crippen molar-refractivity contribution < 1.29 is 18.3 Å². The summed E-state index contributed by atoms with van der Waals surface area (Å²) in [6, 6.07) is 5.52. The third kappa shape index (κ3) is 3.67. The van der Waals surface area contributed by atoms with Crippen LogP contribution in [0.5, 0.6) is 0 Å². The molecule has 4 aromatic rings. The Bertz CT molecular complexity index is 1260. The first-order valence-corrected chi connectivity index (χ1v) is 8.88. The molecule has 0 saturated heterocycles. The molecule has 0 fully saturated rings. The second kappa shape index (κ2) is 6.75. The molecule has 152 valence electrons. The highest BCUT2D eigenvalue weighted by Gasteiger charge is 2.41. The molecule has 4 aromatic heterocycles. The number of anilines is 1. The number of halogens is 2. The molecule has 0 aliphatic heterocycles. The Hall–Kier alpha value is -3.57. The fourth-order valence-corrected chi connectivity index (χ4v) is 2.75. The van der Waals surface area contributed by atoms with E-state index in [0.717, 1.165) is 15.0 Å². The van der Waals surface area contributed by atoms with Gasteiger partial charge in [-0.05, 0) is 39.0 Å². The van der Waals surface area contributed by atoms with Crippen LogP contribution in [0.2, 0.25) is 0 Å². The van der Waals surface area contributed by atoms with E-state index in [4.69, 9.17) is 12.6 Å². The Balaban J connectivity index is 1.67. The van der Waals surface area contributed by atoms with Crippen molar-refractivity contribution in [2.75, 3.05) is 5.32 Å². The third-order valence-corrected chi connectivity index (χ3v) is 3.98. The topological polar surface area (TPSA) is 98.7 Å². The minimum absolute atomic E-state index is 0.109. The molecule has 0 bridgehead atoms. The molecule has 0 unspecified atom stereocenters. The Morgan fingerprint density at radius 3 is 2.57 bits per heavy atom. The summed E-state index contributed by atoms with van der Waals surface area (Å²) < 4.78 is 37.7. The second-order valence-electron chi connectivity index (χ2n) is 7.56. The van der Waals surface area contributed by atoms with Gasteiger partial charge >= 0.3 is 12.0 Å². The van der Waals surface area contributed by atoms with E-state index in [0.29, 0.717) is 0 Å². The number of hydrogen-bond acceptors (Lipinski definition) is 6. The van der Waals surface area contributed by atoms with E-state index < -0.39 is 29.1 Å². The summed E-state index contributed by atoms with van der Waals surface area (Å²) in [6.45, 7) is 5.15. The fraction of sp³-hybridized carbons (Fsp3) is 0.278. The highest BCUT2D eigenvalue weighted by molar-refractivity contribution is 6.32. The smallest absolute Gasteiger partial charge is 0.413 e. The molecule has 0 aliphatic carbocycles. The van der Waals surface area contributed by atoms with Gasteiger partial charge in [0, 0.05) is 6.20 Å². The molecular weight excluding hydrogens is 395 g/mol. The number of ether oxygens (including phenoxy) is 1. The van der Waals surface area contributed by atoms with Gasteiger partial charge in [0.15, 0.2) is 17.1 Å². The molecule has 9 nitrogen and oxygen atoms in total. The fourth-order valence-electron chi connectivity index (χ4n) is 2.75. The van der Waals surface area contributed by atoms with Gasteiger partial charge in [0.1, 0.15) is 19.1 Å². The number of pyridine rings is 1. The van der Waals surface area contributed by atoms with Crippen LogP contribution in [0, 0.1) is 0 Å². The lowest BCUT2D eigenvalue weighted by Gasteiger charge is -2.18. The quantitative estimate of drug-likeness (QED) is 0.519. The predicted molar refractivity (Wildman–Crippen MR) is 104 cm³/mol. The number of carbonyl (C=O) groups excluding carboxylic acids is 1. The van der Waals surface area contributed by atoms with Gasteiger partial charge in [0.05, 0.1) is 6.20 Å². The largest absolute Gasteiger partial charge is 0.444 e. The highest BCUT2D eigenvalue weighted by Crippen LogP contribution is 2.33. The zero-order valence-electron chi connectivity index (χ0n) is 16.3. The average Bonchev–Trinajstić information content (AvgIpc) is 3.22. The molecule has 1 N–H and O–H groups in total. The molecule has 2 radical (unpaired) electrons. The van der Waals surface area contributed by atoms with E-state index in [1.54, 1.807) is 26.8 Å². The average molecular weight is 411 g/mol. The number of amides is 1. The minimum Gasteiger partial charge on any atom is -0.444 e. The first kappa shape index (κ1) is 19.7. The number of fused-ring (bicyclic) bond motifs is 2. The number of imidazole rings is 1. The standard InChI is InChI=1S/C18H16BF2N7O2/c1-17(2,3)30-16(29)23-12-9-28-13(22-12)7-5-11(26-28)18(20,21)15-25-24-14-6-4-10(19)8-27(14)15/h4-9H,1-3H3,(H,23,29). The lowest BCUT2D eigenvalue weighted by atomic mass is 9.99. The monoisotopic (exact) mass is 411 g/mol. The summed E-state index contributed by atoms with van der Waals surface area (Å²) in [5.41, 5.74) is -0.494. The van der Waals surface area contributed by atoms with Gasteiger partial charge < -0.3 is 4.74 Å². The van der Waals surface area contributed by atoms with Crippen molar-refractivity contribution in [1.29, 1.82) is 0 Å². The van der Waals surface area contributed by atoms with E-state index in [1.807, 2.05) is 0 Å². The van der Waals surface area contributed by atoms with E-state index in [-0.39, 0.29) is 22.6 Å². The van der Waals surface area contributed by atoms with Crippen LogP contribution in [0.4, 0.5) is 19.4 Å². The summed E-state index contributed by atoms with van der Waals surface area (Å²) in [5.74, 6) is -4.08. The molecule has 1 amide bonds. The molecule has 0 atom stereocenters. The Kier molecular flexibility index (Phi) is 4.44. The zero-order valence-corrected chi connectivity index (χ0v) is 16.3. The molecule has 30 heavy (non-hydrogen) atoms. The van der Waals surface area contributed by atoms with Gasteiger partial charge in [-0.15, -0.1) is 10.2 Å². The summed E-state index contributed by atoms with van der Waals surface area (Å²) in [4.78, 5) is 16.0. The number of nitrogens with one attached hydrogen (secondary N) is 1. The summed E-state index contributed by atoms with van der Waals surface area (Å²) in [5, 5.41) is 13.7. The number of alkyl halides is 2. The molecule has 0 spiro atoms. The molecule has 0 saturated carbocycles. The van der Waals surface area contributed by atoms with Crippen molar-refractivity contribution >= 4 is 36.5 Å². The van der Waals surface area contributed by atoms with Crippen LogP contribution in [0.1, 0.15) is 32.3 Å². The summed E-state index contributed by atoms with van der Waals surface area (Å²) in [6.07, 6.45) is 1.90. The van der Waals surface area contributed by atoms with Crippen LogP contribution in [0.25, 0.3) is 11.3 Å². The lowest BCUT2D eigenvalue weighted by molar-refractivity contribution is 0.0258. The van der Waals surface area contributed by atoms with Crippen LogP contribution in [0.3, 0.4) is 0 Å². The number of nitrogens with zero attached hydrogens (tertiary/aromatic N) is 6. The van der Waals surface area contributed by atoms with Crippen LogP contribution in [0.15, 0.2) is 36.7 Å². The van der Waals surface area contributed by atoms with Crippen LogP contribution < -0.4 is 10.8 Å². The van der Waals surface area contributed by atoms with Crippen molar-refractivity contribution in [2.24, 2.45) is 0 Å². The number of rotatable bonds is 3. The predicted octanol–water partition coefficient (Wildman–Crippen LogP) is 2.05. The summed E-state index contributed by atoms with van der Waals surface area (Å²) >= 11 is 0. The van der Waals surface area contributed by atoms with Crippen LogP contribution in [-0.4, -0.2) is 48.7 Å². The first-order chi connectivity index (χ1) is 14.0. The minimum atomic E-state index is -3.57. The van der Waals surface area contributed by atoms with Crippen LogP contribution in [-0.2, 0) is 10.7 Å². The summed E-state index contributed by atoms with van der Waals surface area (Å²) in [7, 11) is 5.70. The van der Waals surface area contributed by atoms with Crippen LogP contribution >= 0.6 is 0 Å². The maximum Gasteiger partial charge on any atom is 0.413 e. The molecule has 12 heteroatoms. The van der Waals surface area contributed by atoms with Crippen molar-refractivity contribution in [3.8, 4) is 0 Å². The Morgan fingerprint density at radius 1 is 1.10 bits per heavy atom. The van der Waals surface area contributed by atoms with Crippen molar-refractivity contribution in [3.05, 3.63) is 48.2 Å². The highest BCUT2D eigenvalue weighted by atomic mass is 19.3. The number of carbonyl (C=O) groups is 1. The Morgan fingerprint density at radius 2 is 1.83 bits per heavy atom. The maximum atomic E-state index is 15.2. The van der Waals surface area contributed by atoms with Crippen molar-refractivity contribution in [2.45, 2.75) is 32.3 Å². The van der Waals surface area contributed by atoms with E-state index in [1.165, 1.54) is 24.5 Å². The molecule has 0 aromatic carbocycles. The van der Waals surface area contributed by atoms with E-state index >= 15 is 8.78 Å². The van der Waals surface area contributed by atoms with Crippen molar-refractivity contribution in [3.63, 3.8) is 0 Å². The SMILES string of the molecule is [B]c1ccc2nnc(C(F)(F)c3ccc4nc(NC(=O)OC(C)(C)C)cn4n3)n2c1. The molecule has 4 rings (SSSR count). The van der Waals surface area contributed by atoms with E-state index in [2.05, 4.69) is 25.6 Å². The van der Waals surface area contributed by atoms with Gasteiger partial charge in [-0.25, -0.2) is 14.3 Å². The number of aromatic nitrogens is 6. The third-order valence-electron chi connectivity index (χ3n) is 3.98. The second-order valence-corrected chi connectivity index (χ2v) is 7.56. The van der Waals surface area contributed by atoms with Crippen molar-refractivity contribution in [1.82, 2.24) is 29.2 Å². The van der Waals surface area contributed by atoms with Gasteiger partial charge in [-0.1, -0.05) is 11.5 Å². The first-order valence-electron chi connectivity index (χ1n) is 8.88. The molecular formula is C18H16BF2N7O2. The van der Waals surface area contributed by atoms with Gasteiger partial charge in [0.2, 0.25) is 5.82 Å². The normalized spacial score (nSPS) is 12.4. The van der Waals surface area contributed by atoms with Gasteiger partial charge in [-0.2, -0.15) is 13.9 Å². The molecule has 4 heterocycles.